The van der Waals surface area contributed by atoms with Crippen LogP contribution in [0.4, 0.5) is 5.69 Å². The van der Waals surface area contributed by atoms with Crippen LogP contribution in [0.1, 0.15) is 23.8 Å². The molecule has 1 aromatic rings. The first kappa shape index (κ1) is 11.9. The molecule has 0 bridgehead atoms. The van der Waals surface area contributed by atoms with Gasteiger partial charge in [0.1, 0.15) is 0 Å². The van der Waals surface area contributed by atoms with E-state index in [1.54, 1.807) is 10.9 Å². The molecule has 0 aliphatic carbocycles. The standard InChI is InChI=1S/C9H16N4OS/c1-2-15-5-3-4-13-6-7(10)8(12-13)9(11)14/h6H,2-5,10H2,1H3,(H2,11,14). The number of thioether (sulfide) groups is 1. The number of anilines is 1. The van der Waals surface area contributed by atoms with Gasteiger partial charge in [0, 0.05) is 12.7 Å². The smallest absolute Gasteiger partial charge is 0.271 e. The predicted octanol–water partition coefficient (Wildman–Crippen LogP) is 0.707. The van der Waals surface area contributed by atoms with Crippen LogP contribution in [0.3, 0.4) is 0 Å². The van der Waals surface area contributed by atoms with E-state index >= 15 is 0 Å². The minimum atomic E-state index is -0.575. The molecular weight excluding hydrogens is 212 g/mol. The van der Waals surface area contributed by atoms with E-state index in [0.29, 0.717) is 5.69 Å². The lowest BCUT2D eigenvalue weighted by Gasteiger charge is -1.99. The summed E-state index contributed by atoms with van der Waals surface area (Å²) in [6.45, 7) is 2.90. The highest BCUT2D eigenvalue weighted by Crippen LogP contribution is 2.09. The average molecular weight is 228 g/mol. The van der Waals surface area contributed by atoms with Crippen LogP contribution >= 0.6 is 11.8 Å². The topological polar surface area (TPSA) is 86.9 Å². The van der Waals surface area contributed by atoms with Gasteiger partial charge in [-0.1, -0.05) is 6.92 Å². The second kappa shape index (κ2) is 5.65. The summed E-state index contributed by atoms with van der Waals surface area (Å²) in [5.74, 6) is 1.63. The minimum Gasteiger partial charge on any atom is -0.396 e. The minimum absolute atomic E-state index is 0.165. The van der Waals surface area contributed by atoms with Gasteiger partial charge in [0.25, 0.3) is 5.91 Å². The molecule has 0 saturated heterocycles. The Labute approximate surface area is 93.2 Å². The van der Waals surface area contributed by atoms with Crippen LogP contribution in [-0.4, -0.2) is 27.2 Å². The number of rotatable bonds is 6. The molecule has 0 aromatic carbocycles. The van der Waals surface area contributed by atoms with Gasteiger partial charge in [0.2, 0.25) is 0 Å². The van der Waals surface area contributed by atoms with Gasteiger partial charge in [0.15, 0.2) is 5.69 Å². The Kier molecular flexibility index (Phi) is 4.48. The zero-order chi connectivity index (χ0) is 11.3. The third kappa shape index (κ3) is 3.47. The van der Waals surface area contributed by atoms with E-state index in [4.69, 9.17) is 11.5 Å². The van der Waals surface area contributed by atoms with E-state index in [1.165, 1.54) is 0 Å². The van der Waals surface area contributed by atoms with E-state index < -0.39 is 5.91 Å². The SMILES string of the molecule is CCSCCCn1cc(N)c(C(N)=O)n1. The molecule has 0 aliphatic rings. The van der Waals surface area contributed by atoms with Crippen molar-refractivity contribution in [2.75, 3.05) is 17.2 Å². The number of nitrogen functional groups attached to an aromatic ring is 1. The number of carbonyl (C=O) groups excluding carboxylic acids is 1. The van der Waals surface area contributed by atoms with Crippen LogP contribution in [0.5, 0.6) is 0 Å². The van der Waals surface area contributed by atoms with Crippen molar-refractivity contribution in [1.29, 1.82) is 0 Å². The van der Waals surface area contributed by atoms with Crippen molar-refractivity contribution in [3.05, 3.63) is 11.9 Å². The van der Waals surface area contributed by atoms with Gasteiger partial charge in [-0.2, -0.15) is 16.9 Å². The third-order valence-electron chi connectivity index (χ3n) is 1.90. The maximum atomic E-state index is 10.9. The van der Waals surface area contributed by atoms with Crippen LogP contribution in [0, 0.1) is 0 Å². The van der Waals surface area contributed by atoms with Crippen molar-refractivity contribution in [2.45, 2.75) is 19.9 Å². The highest BCUT2D eigenvalue weighted by atomic mass is 32.2. The van der Waals surface area contributed by atoms with Gasteiger partial charge >= 0.3 is 0 Å². The Hall–Kier alpha value is -1.17. The fourth-order valence-electron chi connectivity index (χ4n) is 1.22. The Bertz CT molecular complexity index is 337. The second-order valence-corrected chi connectivity index (χ2v) is 4.50. The molecular formula is C9H16N4OS. The number of hydrogen-bond donors (Lipinski definition) is 2. The summed E-state index contributed by atoms with van der Waals surface area (Å²) in [6.07, 6.45) is 2.66. The maximum Gasteiger partial charge on any atom is 0.271 e. The molecule has 4 N–H and O–H groups in total. The summed E-state index contributed by atoms with van der Waals surface area (Å²) < 4.78 is 1.67. The van der Waals surface area contributed by atoms with Gasteiger partial charge in [-0.25, -0.2) is 0 Å². The number of hydrogen-bond acceptors (Lipinski definition) is 4. The van der Waals surface area contributed by atoms with Gasteiger partial charge in [-0.15, -0.1) is 0 Å². The molecule has 84 valence electrons. The fourth-order valence-corrected chi connectivity index (χ4v) is 1.84. The van der Waals surface area contributed by atoms with Crippen LogP contribution in [0.25, 0.3) is 0 Å². The quantitative estimate of drug-likeness (QED) is 0.702. The number of nitrogens with two attached hydrogens (primary N) is 2. The molecule has 15 heavy (non-hydrogen) atoms. The predicted molar refractivity (Wildman–Crippen MR) is 62.8 cm³/mol. The Morgan fingerprint density at radius 1 is 1.67 bits per heavy atom. The van der Waals surface area contributed by atoms with Crippen LogP contribution < -0.4 is 11.5 Å². The molecule has 0 aliphatic heterocycles. The molecule has 1 rings (SSSR count). The van der Waals surface area contributed by atoms with Gasteiger partial charge < -0.3 is 11.5 Å². The second-order valence-electron chi connectivity index (χ2n) is 3.11. The first-order valence-electron chi connectivity index (χ1n) is 4.85. The van der Waals surface area contributed by atoms with Crippen molar-refractivity contribution in [2.24, 2.45) is 5.73 Å². The molecule has 1 heterocycles. The third-order valence-corrected chi connectivity index (χ3v) is 2.89. The molecule has 0 fully saturated rings. The van der Waals surface area contributed by atoms with Crippen LogP contribution in [0.15, 0.2) is 6.20 Å². The van der Waals surface area contributed by atoms with Gasteiger partial charge in [-0.3, -0.25) is 9.48 Å². The summed E-state index contributed by atoms with van der Waals surface area (Å²) in [5.41, 5.74) is 11.2. The molecule has 0 atom stereocenters. The summed E-state index contributed by atoms with van der Waals surface area (Å²) in [6, 6.07) is 0. The van der Waals surface area contributed by atoms with Crippen molar-refractivity contribution >= 4 is 23.4 Å². The highest BCUT2D eigenvalue weighted by molar-refractivity contribution is 7.99. The Morgan fingerprint density at radius 3 is 2.93 bits per heavy atom. The molecule has 1 aromatic heterocycles. The summed E-state index contributed by atoms with van der Waals surface area (Å²) in [7, 11) is 0. The first-order valence-corrected chi connectivity index (χ1v) is 6.01. The number of aromatic nitrogens is 2. The van der Waals surface area contributed by atoms with E-state index in [2.05, 4.69) is 12.0 Å². The number of amides is 1. The van der Waals surface area contributed by atoms with E-state index in [1.807, 2.05) is 11.8 Å². The number of carbonyl (C=O) groups is 1. The van der Waals surface area contributed by atoms with Crippen LogP contribution in [0.2, 0.25) is 0 Å². The molecule has 0 unspecified atom stereocenters. The average Bonchev–Trinajstić information content (AvgIpc) is 2.55. The zero-order valence-corrected chi connectivity index (χ0v) is 9.59. The summed E-state index contributed by atoms with van der Waals surface area (Å²) in [4.78, 5) is 10.9. The van der Waals surface area contributed by atoms with E-state index in [-0.39, 0.29) is 5.69 Å². The number of aryl methyl sites for hydroxylation is 1. The molecule has 0 spiro atoms. The fraction of sp³-hybridized carbons (Fsp3) is 0.556. The van der Waals surface area contributed by atoms with Crippen molar-refractivity contribution < 1.29 is 4.79 Å². The number of primary amides is 1. The lowest BCUT2D eigenvalue weighted by molar-refractivity contribution is 0.0995. The summed E-state index contributed by atoms with van der Waals surface area (Å²) in [5, 5.41) is 4.01. The highest BCUT2D eigenvalue weighted by Gasteiger charge is 2.10. The molecule has 0 radical (unpaired) electrons. The summed E-state index contributed by atoms with van der Waals surface area (Å²) >= 11 is 1.88. The normalized spacial score (nSPS) is 10.5. The van der Waals surface area contributed by atoms with Crippen molar-refractivity contribution in [3.8, 4) is 0 Å². The zero-order valence-electron chi connectivity index (χ0n) is 8.77. The first-order chi connectivity index (χ1) is 7.15. The van der Waals surface area contributed by atoms with Crippen molar-refractivity contribution in [3.63, 3.8) is 0 Å². The lowest BCUT2D eigenvalue weighted by atomic mass is 10.4. The van der Waals surface area contributed by atoms with Crippen LogP contribution in [-0.2, 0) is 6.54 Å². The molecule has 5 nitrogen and oxygen atoms in total. The van der Waals surface area contributed by atoms with Gasteiger partial charge in [0.05, 0.1) is 5.69 Å². The van der Waals surface area contributed by atoms with E-state index in [9.17, 15) is 4.79 Å². The van der Waals surface area contributed by atoms with Crippen molar-refractivity contribution in [1.82, 2.24) is 9.78 Å². The van der Waals surface area contributed by atoms with Gasteiger partial charge in [-0.05, 0) is 17.9 Å². The molecule has 0 saturated carbocycles. The largest absolute Gasteiger partial charge is 0.396 e. The molecule has 6 heteroatoms. The Morgan fingerprint density at radius 2 is 2.40 bits per heavy atom. The number of nitrogens with zero attached hydrogens (tertiary/aromatic N) is 2. The lowest BCUT2D eigenvalue weighted by Crippen LogP contribution is -2.14. The maximum absolute atomic E-state index is 10.9. The monoisotopic (exact) mass is 228 g/mol. The van der Waals surface area contributed by atoms with E-state index in [0.717, 1.165) is 24.5 Å². The Balaban J connectivity index is 2.48. The molecule has 1 amide bonds.